The fourth-order valence-electron chi connectivity index (χ4n) is 2.40. The van der Waals surface area contributed by atoms with Crippen LogP contribution in [0.2, 0.25) is 0 Å². The summed E-state index contributed by atoms with van der Waals surface area (Å²) >= 11 is 1.97. The topological polar surface area (TPSA) is 15.3 Å². The van der Waals surface area contributed by atoms with E-state index in [0.29, 0.717) is 6.04 Å². The minimum absolute atomic E-state index is 0.661. The molecule has 1 fully saturated rings. The highest BCUT2D eigenvalue weighted by molar-refractivity contribution is 7.98. The first-order chi connectivity index (χ1) is 7.17. The smallest absolute Gasteiger partial charge is 0.0218 e. The fourth-order valence-corrected chi connectivity index (χ4v) is 3.07. The van der Waals surface area contributed by atoms with E-state index < -0.39 is 0 Å². The Hall–Kier alpha value is 0.270. The van der Waals surface area contributed by atoms with Crippen LogP contribution in [0.1, 0.15) is 27.2 Å². The Labute approximate surface area is 99.2 Å². The van der Waals surface area contributed by atoms with Gasteiger partial charge in [0.25, 0.3) is 0 Å². The van der Waals surface area contributed by atoms with E-state index >= 15 is 0 Å². The van der Waals surface area contributed by atoms with Crippen molar-refractivity contribution in [3.05, 3.63) is 0 Å². The van der Waals surface area contributed by atoms with Crippen LogP contribution in [-0.4, -0.2) is 48.6 Å². The minimum Gasteiger partial charge on any atom is -0.311 e. The van der Waals surface area contributed by atoms with Gasteiger partial charge < -0.3 is 5.32 Å². The maximum absolute atomic E-state index is 3.57. The van der Waals surface area contributed by atoms with Crippen molar-refractivity contribution in [2.24, 2.45) is 5.92 Å². The van der Waals surface area contributed by atoms with Crippen molar-refractivity contribution in [2.75, 3.05) is 31.6 Å². The van der Waals surface area contributed by atoms with Gasteiger partial charge in [0, 0.05) is 31.7 Å². The minimum atomic E-state index is 0.661. The number of rotatable bonds is 5. The standard InChI is InChI=1S/C12H26N2S/c1-5-12-6-13-11(3)8-14(12)7-10(2)9-15-4/h10-13H,5-9H2,1-4H3. The molecule has 0 aromatic carbocycles. The Balaban J connectivity index is 2.40. The third-order valence-electron chi connectivity index (χ3n) is 3.20. The van der Waals surface area contributed by atoms with Gasteiger partial charge in [0.15, 0.2) is 0 Å². The van der Waals surface area contributed by atoms with Gasteiger partial charge in [-0.2, -0.15) is 11.8 Å². The van der Waals surface area contributed by atoms with Crippen LogP contribution in [0.15, 0.2) is 0 Å². The number of thioether (sulfide) groups is 1. The summed E-state index contributed by atoms with van der Waals surface area (Å²) in [4.78, 5) is 2.68. The summed E-state index contributed by atoms with van der Waals surface area (Å²) in [5.41, 5.74) is 0. The number of hydrogen-bond acceptors (Lipinski definition) is 3. The Bertz CT molecular complexity index is 175. The molecule has 1 rings (SSSR count). The Morgan fingerprint density at radius 3 is 2.87 bits per heavy atom. The van der Waals surface area contributed by atoms with Crippen LogP contribution in [0.5, 0.6) is 0 Å². The summed E-state index contributed by atoms with van der Waals surface area (Å²) in [7, 11) is 0. The van der Waals surface area contributed by atoms with Gasteiger partial charge in [-0.1, -0.05) is 13.8 Å². The second kappa shape index (κ2) is 6.77. The van der Waals surface area contributed by atoms with Gasteiger partial charge in [0.1, 0.15) is 0 Å². The van der Waals surface area contributed by atoms with Crippen molar-refractivity contribution in [1.29, 1.82) is 0 Å². The lowest BCUT2D eigenvalue weighted by Gasteiger charge is -2.40. The average Bonchev–Trinajstić information content (AvgIpc) is 2.18. The van der Waals surface area contributed by atoms with E-state index in [-0.39, 0.29) is 0 Å². The summed E-state index contributed by atoms with van der Waals surface area (Å²) in [6, 6.07) is 1.42. The van der Waals surface area contributed by atoms with E-state index in [1.54, 1.807) is 0 Å². The van der Waals surface area contributed by atoms with Crippen molar-refractivity contribution in [3.63, 3.8) is 0 Å². The molecule has 1 aliphatic heterocycles. The van der Waals surface area contributed by atoms with Gasteiger partial charge >= 0.3 is 0 Å². The molecule has 1 heterocycles. The lowest BCUT2D eigenvalue weighted by atomic mass is 10.1. The molecule has 3 unspecified atom stereocenters. The highest BCUT2D eigenvalue weighted by atomic mass is 32.2. The maximum Gasteiger partial charge on any atom is 0.0218 e. The first-order valence-electron chi connectivity index (χ1n) is 6.13. The molecule has 0 aromatic heterocycles. The predicted octanol–water partition coefficient (Wildman–Crippen LogP) is 2.06. The second-order valence-electron chi connectivity index (χ2n) is 4.89. The molecule has 0 aliphatic carbocycles. The molecule has 15 heavy (non-hydrogen) atoms. The van der Waals surface area contributed by atoms with Crippen LogP contribution in [0.25, 0.3) is 0 Å². The number of nitrogens with one attached hydrogen (secondary N) is 1. The molecule has 3 heteroatoms. The molecule has 1 N–H and O–H groups in total. The first kappa shape index (κ1) is 13.3. The number of piperazine rings is 1. The molecular weight excluding hydrogens is 204 g/mol. The zero-order valence-corrected chi connectivity index (χ0v) is 11.4. The lowest BCUT2D eigenvalue weighted by molar-refractivity contribution is 0.118. The molecule has 0 saturated carbocycles. The van der Waals surface area contributed by atoms with E-state index in [9.17, 15) is 0 Å². The Morgan fingerprint density at radius 1 is 1.53 bits per heavy atom. The summed E-state index contributed by atoms with van der Waals surface area (Å²) in [6.45, 7) is 10.6. The molecule has 0 radical (unpaired) electrons. The van der Waals surface area contributed by atoms with Gasteiger partial charge in [-0.05, 0) is 31.3 Å². The van der Waals surface area contributed by atoms with Crippen LogP contribution in [0.4, 0.5) is 0 Å². The molecule has 0 bridgehead atoms. The van der Waals surface area contributed by atoms with Crippen molar-refractivity contribution in [2.45, 2.75) is 39.3 Å². The molecule has 2 nitrogen and oxygen atoms in total. The van der Waals surface area contributed by atoms with E-state index in [2.05, 4.69) is 37.2 Å². The molecule has 1 aliphatic rings. The third kappa shape index (κ3) is 4.33. The quantitative estimate of drug-likeness (QED) is 0.778. The van der Waals surface area contributed by atoms with E-state index in [0.717, 1.165) is 12.0 Å². The van der Waals surface area contributed by atoms with Crippen molar-refractivity contribution in [3.8, 4) is 0 Å². The largest absolute Gasteiger partial charge is 0.311 e. The van der Waals surface area contributed by atoms with E-state index in [1.165, 1.54) is 31.8 Å². The molecule has 1 saturated heterocycles. The van der Waals surface area contributed by atoms with Gasteiger partial charge in [0.05, 0.1) is 0 Å². The fraction of sp³-hybridized carbons (Fsp3) is 1.00. The molecule has 0 aromatic rings. The summed E-state index contributed by atoms with van der Waals surface area (Å²) in [6.07, 6.45) is 3.47. The predicted molar refractivity (Wildman–Crippen MR) is 70.7 cm³/mol. The van der Waals surface area contributed by atoms with Gasteiger partial charge in [-0.25, -0.2) is 0 Å². The summed E-state index contributed by atoms with van der Waals surface area (Å²) in [5, 5.41) is 3.57. The van der Waals surface area contributed by atoms with Crippen LogP contribution < -0.4 is 5.32 Å². The Morgan fingerprint density at radius 2 is 2.27 bits per heavy atom. The first-order valence-corrected chi connectivity index (χ1v) is 7.53. The molecule has 3 atom stereocenters. The van der Waals surface area contributed by atoms with Crippen LogP contribution in [-0.2, 0) is 0 Å². The maximum atomic E-state index is 3.57. The lowest BCUT2D eigenvalue weighted by Crippen LogP contribution is -2.56. The monoisotopic (exact) mass is 230 g/mol. The van der Waals surface area contributed by atoms with Crippen LogP contribution in [0, 0.1) is 5.92 Å². The normalized spacial score (nSPS) is 30.4. The van der Waals surface area contributed by atoms with Gasteiger partial charge in [0.2, 0.25) is 0 Å². The zero-order valence-electron chi connectivity index (χ0n) is 10.6. The third-order valence-corrected chi connectivity index (χ3v) is 4.10. The highest BCUT2D eigenvalue weighted by Crippen LogP contribution is 2.14. The Kier molecular flexibility index (Phi) is 6.02. The highest BCUT2D eigenvalue weighted by Gasteiger charge is 2.25. The molecule has 0 spiro atoms. The van der Waals surface area contributed by atoms with Crippen LogP contribution in [0.3, 0.4) is 0 Å². The van der Waals surface area contributed by atoms with Crippen molar-refractivity contribution < 1.29 is 0 Å². The number of hydrogen-bond donors (Lipinski definition) is 1. The number of nitrogens with zero attached hydrogens (tertiary/aromatic N) is 1. The summed E-state index contributed by atoms with van der Waals surface area (Å²) < 4.78 is 0. The van der Waals surface area contributed by atoms with E-state index in [1.807, 2.05) is 11.8 Å². The second-order valence-corrected chi connectivity index (χ2v) is 5.80. The van der Waals surface area contributed by atoms with E-state index in [4.69, 9.17) is 0 Å². The SMILES string of the molecule is CCC1CNC(C)CN1CC(C)CSC. The van der Waals surface area contributed by atoms with Gasteiger partial charge in [-0.15, -0.1) is 0 Å². The van der Waals surface area contributed by atoms with Crippen molar-refractivity contribution >= 4 is 11.8 Å². The molecular formula is C12H26N2S. The van der Waals surface area contributed by atoms with Gasteiger partial charge in [-0.3, -0.25) is 4.90 Å². The van der Waals surface area contributed by atoms with Crippen LogP contribution >= 0.6 is 11.8 Å². The van der Waals surface area contributed by atoms with Crippen molar-refractivity contribution in [1.82, 2.24) is 10.2 Å². The molecule has 90 valence electrons. The zero-order chi connectivity index (χ0) is 11.3. The average molecular weight is 230 g/mol. The summed E-state index contributed by atoms with van der Waals surface area (Å²) in [5.74, 6) is 2.11. The molecule has 0 amide bonds.